The molecule has 0 spiro atoms. The number of urea groups is 1. The van der Waals surface area contributed by atoms with Gasteiger partial charge in [0.2, 0.25) is 12.6 Å². The summed E-state index contributed by atoms with van der Waals surface area (Å²) in [6, 6.07) is 18.0. The Morgan fingerprint density at radius 2 is 1.81 bits per heavy atom. The lowest BCUT2D eigenvalue weighted by Crippen LogP contribution is -2.46. The number of aryl methyl sites for hydroxylation is 1. The maximum absolute atomic E-state index is 14.1. The summed E-state index contributed by atoms with van der Waals surface area (Å²) in [5, 5.41) is 7.16. The summed E-state index contributed by atoms with van der Waals surface area (Å²) >= 11 is 0. The number of halogens is 1. The third kappa shape index (κ3) is 3.74. The van der Waals surface area contributed by atoms with Gasteiger partial charge in [-0.15, -0.1) is 0 Å². The van der Waals surface area contributed by atoms with Crippen molar-refractivity contribution in [3.63, 3.8) is 0 Å². The van der Waals surface area contributed by atoms with E-state index in [0.29, 0.717) is 45.4 Å². The number of hydrogen-bond acceptors (Lipinski definition) is 6. The number of carbonyl (C=O) groups excluding carboxylic acids is 1. The number of nitrogens with zero attached hydrogens (tertiary/aromatic N) is 3. The fraction of sp³-hybridized carbons (Fsp3) is 0.148. The van der Waals surface area contributed by atoms with Gasteiger partial charge in [-0.1, -0.05) is 35.0 Å². The maximum atomic E-state index is 14.1. The zero-order valence-corrected chi connectivity index (χ0v) is 19.5. The molecule has 4 aromatic rings. The van der Waals surface area contributed by atoms with Crippen LogP contribution in [-0.4, -0.2) is 23.0 Å². The Balaban J connectivity index is 1.47. The normalized spacial score (nSPS) is 16.9. The van der Waals surface area contributed by atoms with Gasteiger partial charge in [-0.25, -0.2) is 9.18 Å². The molecule has 1 N–H and O–H groups in total. The smallest absolute Gasteiger partial charge is 0.326 e. The van der Waals surface area contributed by atoms with Crippen molar-refractivity contribution in [2.75, 3.05) is 11.7 Å². The van der Waals surface area contributed by atoms with Gasteiger partial charge in [-0.05, 0) is 61.9 Å². The van der Waals surface area contributed by atoms with Crippen molar-refractivity contribution < 1.29 is 23.2 Å². The molecule has 9 heteroatoms. The van der Waals surface area contributed by atoms with Gasteiger partial charge < -0.3 is 19.3 Å². The van der Waals surface area contributed by atoms with Crippen LogP contribution in [-0.2, 0) is 0 Å². The second-order valence-corrected chi connectivity index (χ2v) is 8.60. The van der Waals surface area contributed by atoms with E-state index in [1.54, 1.807) is 29.2 Å². The highest BCUT2D eigenvalue weighted by Gasteiger charge is 2.36. The van der Waals surface area contributed by atoms with Gasteiger partial charge in [0.25, 0.3) is 5.89 Å². The van der Waals surface area contributed by atoms with E-state index in [1.165, 1.54) is 12.1 Å². The van der Waals surface area contributed by atoms with Crippen LogP contribution in [0.5, 0.6) is 11.5 Å². The number of aromatic nitrogens is 2. The standard InChI is InChI=1S/C27H21FN4O4/c1-15-6-9-20(10-7-15)32-16(2)23(24(29-27(32)33)17-4-3-5-19(28)12-17)26-30-25(31-36-26)18-8-11-21-22(13-18)35-14-34-21/h3-13,24H,14H2,1-2H3,(H,29,33). The third-order valence-electron chi connectivity index (χ3n) is 6.25. The third-order valence-corrected chi connectivity index (χ3v) is 6.25. The molecule has 0 fully saturated rings. The number of ether oxygens (including phenoxy) is 2. The lowest BCUT2D eigenvalue weighted by Gasteiger charge is -2.35. The number of amides is 2. The van der Waals surface area contributed by atoms with Crippen LogP contribution in [0.1, 0.15) is 30.0 Å². The molecule has 2 aliphatic heterocycles. The van der Waals surface area contributed by atoms with Crippen LogP contribution in [0.15, 0.2) is 77.0 Å². The molecule has 0 saturated carbocycles. The molecule has 1 atom stereocenters. The van der Waals surface area contributed by atoms with E-state index in [9.17, 15) is 9.18 Å². The van der Waals surface area contributed by atoms with Gasteiger partial charge in [-0.3, -0.25) is 4.90 Å². The lowest BCUT2D eigenvalue weighted by atomic mass is 9.94. The summed E-state index contributed by atoms with van der Waals surface area (Å²) in [6.45, 7) is 3.95. The number of rotatable bonds is 4. The molecule has 36 heavy (non-hydrogen) atoms. The molecule has 1 aromatic heterocycles. The van der Waals surface area contributed by atoms with Gasteiger partial charge in [0.15, 0.2) is 11.5 Å². The van der Waals surface area contributed by atoms with Gasteiger partial charge in [0.1, 0.15) is 5.82 Å². The maximum Gasteiger partial charge on any atom is 0.326 e. The number of hydrogen-bond donors (Lipinski definition) is 1. The van der Waals surface area contributed by atoms with Crippen molar-refractivity contribution >= 4 is 17.3 Å². The molecule has 6 rings (SSSR count). The van der Waals surface area contributed by atoms with Crippen LogP contribution in [0.4, 0.5) is 14.9 Å². The van der Waals surface area contributed by atoms with Crippen LogP contribution in [0.2, 0.25) is 0 Å². The predicted molar refractivity (Wildman–Crippen MR) is 130 cm³/mol. The topological polar surface area (TPSA) is 89.7 Å². The molecule has 0 saturated heterocycles. The van der Waals surface area contributed by atoms with Crippen molar-refractivity contribution in [2.24, 2.45) is 0 Å². The number of allylic oxidation sites excluding steroid dienone is 1. The molecule has 0 aliphatic carbocycles. The number of fused-ring (bicyclic) bond motifs is 1. The van der Waals surface area contributed by atoms with Crippen molar-refractivity contribution in [1.82, 2.24) is 15.5 Å². The average Bonchev–Trinajstić information content (AvgIpc) is 3.54. The van der Waals surface area contributed by atoms with Gasteiger partial charge in [-0.2, -0.15) is 4.98 Å². The van der Waals surface area contributed by atoms with Crippen molar-refractivity contribution in [2.45, 2.75) is 19.9 Å². The summed E-state index contributed by atoms with van der Waals surface area (Å²) in [5.74, 6) is 1.40. The number of nitrogens with one attached hydrogen (secondary N) is 1. The average molecular weight is 484 g/mol. The first-order valence-corrected chi connectivity index (χ1v) is 11.4. The van der Waals surface area contributed by atoms with E-state index >= 15 is 0 Å². The largest absolute Gasteiger partial charge is 0.454 e. The highest BCUT2D eigenvalue weighted by atomic mass is 19.1. The second kappa shape index (κ2) is 8.53. The van der Waals surface area contributed by atoms with Gasteiger partial charge >= 0.3 is 6.03 Å². The van der Waals surface area contributed by atoms with Crippen LogP contribution >= 0.6 is 0 Å². The van der Waals surface area contributed by atoms with Crippen molar-refractivity contribution in [3.8, 4) is 22.9 Å². The molecule has 0 radical (unpaired) electrons. The van der Waals surface area contributed by atoms with Gasteiger partial charge in [0.05, 0.1) is 17.3 Å². The minimum Gasteiger partial charge on any atom is -0.454 e. The molecule has 2 aliphatic rings. The zero-order valence-electron chi connectivity index (χ0n) is 19.5. The summed E-state index contributed by atoms with van der Waals surface area (Å²) in [5.41, 5.74) is 4.16. The molecule has 180 valence electrons. The van der Waals surface area contributed by atoms with Crippen LogP contribution < -0.4 is 19.7 Å². The highest BCUT2D eigenvalue weighted by molar-refractivity contribution is 6.01. The second-order valence-electron chi connectivity index (χ2n) is 8.60. The molecule has 3 heterocycles. The first kappa shape index (κ1) is 21.8. The number of carbonyl (C=O) groups is 1. The quantitative estimate of drug-likeness (QED) is 0.405. The van der Waals surface area contributed by atoms with E-state index in [0.717, 1.165) is 5.56 Å². The van der Waals surface area contributed by atoms with Crippen LogP contribution in [0.3, 0.4) is 0 Å². The van der Waals surface area contributed by atoms with Crippen molar-refractivity contribution in [1.29, 1.82) is 0 Å². The first-order valence-electron chi connectivity index (χ1n) is 11.4. The van der Waals surface area contributed by atoms with Crippen LogP contribution in [0.25, 0.3) is 17.0 Å². The van der Waals surface area contributed by atoms with E-state index in [2.05, 4.69) is 15.5 Å². The monoisotopic (exact) mass is 484 g/mol. The Kier molecular flexibility index (Phi) is 5.18. The zero-order chi connectivity index (χ0) is 24.8. The molecule has 0 bridgehead atoms. The Morgan fingerprint density at radius 3 is 2.61 bits per heavy atom. The van der Waals surface area contributed by atoms with E-state index in [1.807, 2.05) is 44.2 Å². The molecule has 8 nitrogen and oxygen atoms in total. The lowest BCUT2D eigenvalue weighted by molar-refractivity contribution is 0.174. The van der Waals surface area contributed by atoms with Gasteiger partial charge in [0, 0.05) is 11.3 Å². The molecule has 2 amide bonds. The summed E-state index contributed by atoms with van der Waals surface area (Å²) in [7, 11) is 0. The fourth-order valence-electron chi connectivity index (χ4n) is 4.45. The highest BCUT2D eigenvalue weighted by Crippen LogP contribution is 2.40. The Morgan fingerprint density at radius 1 is 1.00 bits per heavy atom. The molecule has 1 unspecified atom stereocenters. The Hall–Kier alpha value is -4.66. The van der Waals surface area contributed by atoms with E-state index in [-0.39, 0.29) is 18.7 Å². The van der Waals surface area contributed by atoms with Crippen LogP contribution in [0, 0.1) is 12.7 Å². The Labute approximate surface area is 206 Å². The minimum absolute atomic E-state index is 0.159. The first-order chi connectivity index (χ1) is 17.5. The van der Waals surface area contributed by atoms with E-state index in [4.69, 9.17) is 14.0 Å². The predicted octanol–water partition coefficient (Wildman–Crippen LogP) is 5.61. The summed E-state index contributed by atoms with van der Waals surface area (Å²) < 4.78 is 30.7. The SMILES string of the molecule is CC1=C(c2nc(-c3ccc4c(c3)OCO4)no2)C(c2cccc(F)c2)NC(=O)N1c1ccc(C)cc1. The molecular weight excluding hydrogens is 463 g/mol. The number of benzene rings is 3. The summed E-state index contributed by atoms with van der Waals surface area (Å²) in [4.78, 5) is 19.5. The minimum atomic E-state index is -0.694. The fourth-order valence-corrected chi connectivity index (χ4v) is 4.45. The Bertz CT molecular complexity index is 1510. The molecular formula is C27H21FN4O4. The van der Waals surface area contributed by atoms with E-state index < -0.39 is 11.9 Å². The summed E-state index contributed by atoms with van der Waals surface area (Å²) in [6.07, 6.45) is 0. The number of anilines is 1. The molecule has 3 aromatic carbocycles. The van der Waals surface area contributed by atoms with Crippen molar-refractivity contribution in [3.05, 3.63) is 95.3 Å².